The Morgan fingerprint density at radius 1 is 1.15 bits per heavy atom. The molecule has 0 aliphatic carbocycles. The van der Waals surface area contributed by atoms with Gasteiger partial charge >= 0.3 is 5.97 Å². The zero-order chi connectivity index (χ0) is 14.7. The van der Waals surface area contributed by atoms with Crippen molar-refractivity contribution in [2.24, 2.45) is 0 Å². The summed E-state index contributed by atoms with van der Waals surface area (Å²) in [5.41, 5.74) is 2.78. The lowest BCUT2D eigenvalue weighted by Crippen LogP contribution is -2.14. The van der Waals surface area contributed by atoms with Crippen LogP contribution in [0.4, 0.5) is 11.4 Å². The second-order valence-electron chi connectivity index (χ2n) is 4.58. The van der Waals surface area contributed by atoms with E-state index in [4.69, 9.17) is 4.74 Å². The molecule has 0 aliphatic heterocycles. The maximum atomic E-state index is 11.4. The Balaban J connectivity index is 2.41. The zero-order valence-corrected chi connectivity index (χ0v) is 11.8. The highest BCUT2D eigenvalue weighted by atomic mass is 16.5. The normalized spacial score (nSPS) is 10.2. The first-order chi connectivity index (χ1) is 9.52. The van der Waals surface area contributed by atoms with E-state index in [1.165, 1.54) is 0 Å². The number of anilines is 2. The van der Waals surface area contributed by atoms with Crippen LogP contribution in [0.2, 0.25) is 0 Å². The number of hydrogen-bond acceptors (Lipinski definition) is 3. The maximum absolute atomic E-state index is 11.4. The Morgan fingerprint density at radius 3 is 2.35 bits per heavy atom. The third-order valence-corrected chi connectivity index (χ3v) is 3.20. The number of methoxy groups -OCH3 is 1. The van der Waals surface area contributed by atoms with Gasteiger partial charge in [-0.25, -0.2) is 4.79 Å². The number of carboxylic acids is 1. The molecule has 4 nitrogen and oxygen atoms in total. The molecule has 0 unspecified atom stereocenters. The summed E-state index contributed by atoms with van der Waals surface area (Å²) in [7, 11) is 3.46. The van der Waals surface area contributed by atoms with Crippen molar-refractivity contribution in [2.75, 3.05) is 19.1 Å². The van der Waals surface area contributed by atoms with E-state index in [0.717, 1.165) is 17.0 Å². The first-order valence-corrected chi connectivity index (χ1v) is 6.24. The fourth-order valence-corrected chi connectivity index (χ4v) is 2.06. The van der Waals surface area contributed by atoms with Gasteiger partial charge in [-0.15, -0.1) is 0 Å². The van der Waals surface area contributed by atoms with Crippen molar-refractivity contribution in [2.45, 2.75) is 6.92 Å². The third-order valence-electron chi connectivity index (χ3n) is 3.20. The summed E-state index contributed by atoms with van der Waals surface area (Å²) in [6.45, 7) is 1.88. The number of aromatic carboxylic acids is 1. The summed E-state index contributed by atoms with van der Waals surface area (Å²) < 4.78 is 5.12. The number of benzene rings is 2. The Hall–Kier alpha value is -2.49. The molecule has 1 N–H and O–H groups in total. The van der Waals surface area contributed by atoms with Gasteiger partial charge in [-0.3, -0.25) is 0 Å². The fourth-order valence-electron chi connectivity index (χ4n) is 2.06. The number of aryl methyl sites for hydroxylation is 1. The van der Waals surface area contributed by atoms with E-state index >= 15 is 0 Å². The van der Waals surface area contributed by atoms with Crippen molar-refractivity contribution in [3.63, 3.8) is 0 Å². The summed E-state index contributed by atoms with van der Waals surface area (Å²) >= 11 is 0. The van der Waals surface area contributed by atoms with Crippen LogP contribution in [0, 0.1) is 6.92 Å². The minimum atomic E-state index is -0.927. The van der Waals surface area contributed by atoms with E-state index in [0.29, 0.717) is 11.3 Å². The van der Waals surface area contributed by atoms with E-state index in [9.17, 15) is 9.90 Å². The standard InChI is InChI=1S/C16H17NO3/c1-11-4-9-15(14(10-11)16(18)19)17(2)12-5-7-13(20-3)8-6-12/h4-10H,1-3H3,(H,18,19). The molecule has 2 aromatic carbocycles. The van der Waals surface area contributed by atoms with Crippen LogP contribution >= 0.6 is 0 Å². The van der Waals surface area contributed by atoms with Gasteiger partial charge in [-0.05, 0) is 43.3 Å². The van der Waals surface area contributed by atoms with Gasteiger partial charge in [-0.2, -0.15) is 0 Å². The summed E-state index contributed by atoms with van der Waals surface area (Å²) in [5, 5.41) is 9.32. The Morgan fingerprint density at radius 2 is 1.80 bits per heavy atom. The number of carboxylic acid groups (broad SMARTS) is 1. The highest BCUT2D eigenvalue weighted by Crippen LogP contribution is 2.29. The topological polar surface area (TPSA) is 49.8 Å². The van der Waals surface area contributed by atoms with Gasteiger partial charge in [0.25, 0.3) is 0 Å². The van der Waals surface area contributed by atoms with E-state index in [1.54, 1.807) is 13.2 Å². The van der Waals surface area contributed by atoms with Crippen molar-refractivity contribution < 1.29 is 14.6 Å². The number of nitrogens with zero attached hydrogens (tertiary/aromatic N) is 1. The van der Waals surface area contributed by atoms with E-state index in [-0.39, 0.29) is 0 Å². The molecule has 0 aromatic heterocycles. The molecule has 2 aromatic rings. The lowest BCUT2D eigenvalue weighted by atomic mass is 10.1. The van der Waals surface area contributed by atoms with Crippen LogP contribution < -0.4 is 9.64 Å². The van der Waals surface area contributed by atoms with Gasteiger partial charge in [0.1, 0.15) is 5.75 Å². The van der Waals surface area contributed by atoms with Crippen LogP contribution in [0.5, 0.6) is 5.75 Å². The van der Waals surface area contributed by atoms with Gasteiger partial charge in [0.05, 0.1) is 18.4 Å². The van der Waals surface area contributed by atoms with Crippen molar-refractivity contribution in [1.29, 1.82) is 0 Å². The average Bonchev–Trinajstić information content (AvgIpc) is 2.46. The number of carbonyl (C=O) groups is 1. The van der Waals surface area contributed by atoms with Crippen molar-refractivity contribution in [1.82, 2.24) is 0 Å². The Labute approximate surface area is 118 Å². The van der Waals surface area contributed by atoms with Crippen molar-refractivity contribution in [3.8, 4) is 5.75 Å². The summed E-state index contributed by atoms with van der Waals surface area (Å²) in [6.07, 6.45) is 0. The lowest BCUT2D eigenvalue weighted by Gasteiger charge is -2.22. The van der Waals surface area contributed by atoms with Crippen LogP contribution in [0.1, 0.15) is 15.9 Å². The minimum Gasteiger partial charge on any atom is -0.497 e. The van der Waals surface area contributed by atoms with Crippen molar-refractivity contribution >= 4 is 17.3 Å². The molecule has 0 fully saturated rings. The van der Waals surface area contributed by atoms with Crippen LogP contribution in [-0.2, 0) is 0 Å². The monoisotopic (exact) mass is 271 g/mol. The molecule has 0 saturated carbocycles. The highest BCUT2D eigenvalue weighted by molar-refractivity contribution is 5.95. The van der Waals surface area contributed by atoms with Gasteiger partial charge < -0.3 is 14.7 Å². The van der Waals surface area contributed by atoms with Gasteiger partial charge in [0.2, 0.25) is 0 Å². The Bertz CT molecular complexity index is 620. The fraction of sp³-hybridized carbons (Fsp3) is 0.188. The highest BCUT2D eigenvalue weighted by Gasteiger charge is 2.14. The molecule has 0 heterocycles. The minimum absolute atomic E-state index is 0.295. The van der Waals surface area contributed by atoms with Crippen LogP contribution in [-0.4, -0.2) is 25.2 Å². The van der Waals surface area contributed by atoms with E-state index in [2.05, 4.69) is 0 Å². The molecule has 0 amide bonds. The summed E-state index contributed by atoms with van der Waals surface area (Å²) in [5.74, 6) is -0.159. The molecule has 0 bridgehead atoms. The zero-order valence-electron chi connectivity index (χ0n) is 11.8. The maximum Gasteiger partial charge on any atom is 0.337 e. The molecule has 2 rings (SSSR count). The number of rotatable bonds is 4. The molecular formula is C16H17NO3. The van der Waals surface area contributed by atoms with Crippen LogP contribution in [0.25, 0.3) is 0 Å². The lowest BCUT2D eigenvalue weighted by molar-refractivity contribution is 0.0697. The smallest absolute Gasteiger partial charge is 0.337 e. The molecule has 0 radical (unpaired) electrons. The van der Waals surface area contributed by atoms with Crippen molar-refractivity contribution in [3.05, 3.63) is 53.6 Å². The second kappa shape index (κ2) is 5.65. The van der Waals surface area contributed by atoms with Gasteiger partial charge in [-0.1, -0.05) is 11.6 Å². The molecule has 0 saturated heterocycles. The first kappa shape index (κ1) is 13.9. The molecule has 0 spiro atoms. The quantitative estimate of drug-likeness (QED) is 0.925. The predicted octanol–water partition coefficient (Wildman–Crippen LogP) is 3.47. The van der Waals surface area contributed by atoms with Crippen LogP contribution in [0.15, 0.2) is 42.5 Å². The second-order valence-corrected chi connectivity index (χ2v) is 4.58. The van der Waals surface area contributed by atoms with Crippen LogP contribution in [0.3, 0.4) is 0 Å². The number of hydrogen-bond donors (Lipinski definition) is 1. The summed E-state index contributed by atoms with van der Waals surface area (Å²) in [4.78, 5) is 13.2. The predicted molar refractivity (Wildman–Crippen MR) is 79.2 cm³/mol. The summed E-state index contributed by atoms with van der Waals surface area (Å²) in [6, 6.07) is 12.9. The molecule has 20 heavy (non-hydrogen) atoms. The van der Waals surface area contributed by atoms with Gasteiger partial charge in [0, 0.05) is 12.7 Å². The third kappa shape index (κ3) is 2.74. The average molecular weight is 271 g/mol. The molecule has 0 atom stereocenters. The largest absolute Gasteiger partial charge is 0.497 e. The number of ether oxygens (including phenoxy) is 1. The SMILES string of the molecule is COc1ccc(N(C)c2ccc(C)cc2C(=O)O)cc1. The molecule has 104 valence electrons. The first-order valence-electron chi connectivity index (χ1n) is 6.24. The van der Waals surface area contributed by atoms with E-state index < -0.39 is 5.97 Å². The van der Waals surface area contributed by atoms with Gasteiger partial charge in [0.15, 0.2) is 0 Å². The Kier molecular flexibility index (Phi) is 3.94. The molecular weight excluding hydrogens is 254 g/mol. The molecule has 4 heteroatoms. The molecule has 0 aliphatic rings. The van der Waals surface area contributed by atoms with E-state index in [1.807, 2.05) is 55.3 Å².